The van der Waals surface area contributed by atoms with Gasteiger partial charge in [-0.1, -0.05) is 0 Å². The highest BCUT2D eigenvalue weighted by Gasteiger charge is 2.26. The molecule has 0 bridgehead atoms. The third-order valence-corrected chi connectivity index (χ3v) is 3.46. The lowest BCUT2D eigenvalue weighted by Crippen LogP contribution is -2.47. The van der Waals surface area contributed by atoms with E-state index in [4.69, 9.17) is 0 Å². The van der Waals surface area contributed by atoms with Crippen molar-refractivity contribution in [2.45, 2.75) is 25.5 Å². The van der Waals surface area contributed by atoms with Crippen LogP contribution in [0.5, 0.6) is 0 Å². The number of halogens is 1. The van der Waals surface area contributed by atoms with Gasteiger partial charge in [0.1, 0.15) is 11.9 Å². The maximum Gasteiger partial charge on any atom is 0.264 e. The van der Waals surface area contributed by atoms with E-state index in [0.717, 1.165) is 6.26 Å². The largest absolute Gasteiger partial charge is 0.358 e. The van der Waals surface area contributed by atoms with Crippen LogP contribution < -0.4 is 10.6 Å². The average molecular weight is 331 g/mol. The zero-order chi connectivity index (χ0) is 16.3. The van der Waals surface area contributed by atoms with Crippen LogP contribution in [0.2, 0.25) is 0 Å². The Kier molecular flexibility index (Phi) is 4.71. The number of hydrogen-bond acceptors (Lipinski definition) is 7. The molecule has 0 saturated carbocycles. The summed E-state index contributed by atoms with van der Waals surface area (Å²) in [6.07, 6.45) is 1.33. The molecular formula is C12H14FN3O5S. The van der Waals surface area contributed by atoms with Crippen LogP contribution in [0.1, 0.15) is 18.4 Å². The van der Waals surface area contributed by atoms with E-state index in [9.17, 15) is 22.4 Å². The van der Waals surface area contributed by atoms with Crippen LogP contribution >= 0.6 is 0 Å². The summed E-state index contributed by atoms with van der Waals surface area (Å²) in [7, 11) is -3.68. The third kappa shape index (κ3) is 4.46. The summed E-state index contributed by atoms with van der Waals surface area (Å²) in [5, 5.41) is 4.88. The van der Waals surface area contributed by atoms with Gasteiger partial charge < -0.3 is 5.32 Å². The number of hydrogen-bond donors (Lipinski definition) is 2. The molecule has 0 spiro atoms. The summed E-state index contributed by atoms with van der Waals surface area (Å²) < 4.78 is 40.0. The summed E-state index contributed by atoms with van der Waals surface area (Å²) in [6.45, 7) is -0.462. The molecule has 22 heavy (non-hydrogen) atoms. The van der Waals surface area contributed by atoms with Crippen molar-refractivity contribution in [1.29, 1.82) is 0 Å². The fourth-order valence-electron chi connectivity index (χ4n) is 1.83. The van der Waals surface area contributed by atoms with E-state index in [1.165, 1.54) is 12.1 Å². The Labute approximate surface area is 126 Å². The minimum atomic E-state index is -3.68. The monoisotopic (exact) mass is 331 g/mol. The molecule has 2 amide bonds. The van der Waals surface area contributed by atoms with Crippen molar-refractivity contribution in [3.8, 4) is 0 Å². The maximum absolute atomic E-state index is 13.8. The number of aromatic nitrogens is 1. The van der Waals surface area contributed by atoms with Gasteiger partial charge in [0.15, 0.2) is 0 Å². The highest BCUT2D eigenvalue weighted by Crippen LogP contribution is 2.15. The first-order chi connectivity index (χ1) is 10.2. The Hall–Kier alpha value is -2.07. The van der Waals surface area contributed by atoms with E-state index in [1.54, 1.807) is 0 Å². The van der Waals surface area contributed by atoms with Gasteiger partial charge in [0.2, 0.25) is 17.8 Å². The molecule has 1 aliphatic heterocycles. The number of rotatable bonds is 5. The number of anilines is 1. The molecule has 120 valence electrons. The highest BCUT2D eigenvalue weighted by atomic mass is 32.2. The SMILES string of the molecule is CS(=O)(=O)OCc1ccc(NC2CCC(=O)NC2=O)nc1F. The number of carbonyl (C=O) groups is 2. The lowest BCUT2D eigenvalue weighted by Gasteiger charge is -2.22. The second-order valence-corrected chi connectivity index (χ2v) is 6.40. The molecule has 1 saturated heterocycles. The van der Waals surface area contributed by atoms with Crippen LogP contribution in [0.4, 0.5) is 10.2 Å². The van der Waals surface area contributed by atoms with E-state index in [1.807, 2.05) is 0 Å². The molecule has 2 rings (SSSR count). The van der Waals surface area contributed by atoms with E-state index in [2.05, 4.69) is 19.8 Å². The summed E-state index contributed by atoms with van der Waals surface area (Å²) in [6, 6.07) is 2.03. The van der Waals surface area contributed by atoms with Crippen LogP contribution in [0, 0.1) is 5.95 Å². The first-order valence-electron chi connectivity index (χ1n) is 6.34. The van der Waals surface area contributed by atoms with Crippen molar-refractivity contribution in [3.05, 3.63) is 23.6 Å². The molecule has 1 aliphatic rings. The van der Waals surface area contributed by atoms with E-state index < -0.39 is 34.6 Å². The third-order valence-electron chi connectivity index (χ3n) is 2.92. The summed E-state index contributed by atoms with van der Waals surface area (Å²) in [5.41, 5.74) is -0.0285. The summed E-state index contributed by atoms with van der Waals surface area (Å²) in [4.78, 5) is 26.2. The van der Waals surface area contributed by atoms with Crippen molar-refractivity contribution in [3.63, 3.8) is 0 Å². The smallest absolute Gasteiger partial charge is 0.264 e. The Morgan fingerprint density at radius 3 is 2.77 bits per heavy atom. The molecule has 1 aromatic rings. The molecule has 1 atom stereocenters. The molecule has 8 nitrogen and oxygen atoms in total. The van der Waals surface area contributed by atoms with Crippen LogP contribution in [0.25, 0.3) is 0 Å². The molecule has 0 aromatic carbocycles. The number of amides is 2. The first-order valence-corrected chi connectivity index (χ1v) is 8.16. The second kappa shape index (κ2) is 6.36. The summed E-state index contributed by atoms with van der Waals surface area (Å²) >= 11 is 0. The molecule has 10 heteroatoms. The molecule has 0 aliphatic carbocycles. The lowest BCUT2D eigenvalue weighted by molar-refractivity contribution is -0.133. The van der Waals surface area contributed by atoms with Gasteiger partial charge in [0.25, 0.3) is 10.1 Å². The van der Waals surface area contributed by atoms with Gasteiger partial charge >= 0.3 is 0 Å². The Morgan fingerprint density at radius 1 is 1.45 bits per heavy atom. The predicted molar refractivity (Wildman–Crippen MR) is 73.6 cm³/mol. The Bertz CT molecular complexity index is 707. The molecule has 0 radical (unpaired) electrons. The standard InChI is InChI=1S/C12H14FN3O5S/c1-22(19,20)21-6-7-2-4-9(15-11(7)13)14-8-3-5-10(17)16-12(8)18/h2,4,8H,3,5-6H2,1H3,(H,14,15)(H,16,17,18). The zero-order valence-corrected chi connectivity index (χ0v) is 12.4. The molecule has 1 fully saturated rings. The van der Waals surface area contributed by atoms with Crippen LogP contribution in [-0.4, -0.2) is 37.5 Å². The number of carbonyl (C=O) groups excluding carboxylic acids is 2. The normalized spacial score (nSPS) is 18.9. The van der Waals surface area contributed by atoms with Crippen molar-refractivity contribution in [2.75, 3.05) is 11.6 Å². The van der Waals surface area contributed by atoms with E-state index >= 15 is 0 Å². The fraction of sp³-hybridized carbons (Fsp3) is 0.417. The topological polar surface area (TPSA) is 114 Å². The molecule has 1 aromatic heterocycles. The van der Waals surface area contributed by atoms with Crippen LogP contribution in [-0.2, 0) is 30.5 Å². The van der Waals surface area contributed by atoms with E-state index in [0.29, 0.717) is 0 Å². The van der Waals surface area contributed by atoms with Crippen molar-refractivity contribution in [1.82, 2.24) is 10.3 Å². The molecule has 2 heterocycles. The van der Waals surface area contributed by atoms with Crippen LogP contribution in [0.3, 0.4) is 0 Å². The maximum atomic E-state index is 13.8. The second-order valence-electron chi connectivity index (χ2n) is 4.76. The molecule has 1 unspecified atom stereocenters. The Balaban J connectivity index is 2.03. The molecular weight excluding hydrogens is 317 g/mol. The predicted octanol–water partition coefficient (Wildman–Crippen LogP) is -0.0860. The van der Waals surface area contributed by atoms with Gasteiger partial charge in [-0.15, -0.1) is 0 Å². The quantitative estimate of drug-likeness (QED) is 0.440. The zero-order valence-electron chi connectivity index (χ0n) is 11.6. The van der Waals surface area contributed by atoms with Gasteiger partial charge in [-0.3, -0.25) is 19.1 Å². The Morgan fingerprint density at radius 2 is 2.18 bits per heavy atom. The van der Waals surface area contributed by atoms with E-state index in [-0.39, 0.29) is 30.1 Å². The van der Waals surface area contributed by atoms with Gasteiger partial charge in [-0.25, -0.2) is 4.98 Å². The van der Waals surface area contributed by atoms with Gasteiger partial charge in [0.05, 0.1) is 12.9 Å². The highest BCUT2D eigenvalue weighted by molar-refractivity contribution is 7.85. The first kappa shape index (κ1) is 16.3. The van der Waals surface area contributed by atoms with Gasteiger partial charge in [0, 0.05) is 12.0 Å². The number of pyridine rings is 1. The van der Waals surface area contributed by atoms with Crippen LogP contribution in [0.15, 0.2) is 12.1 Å². The number of nitrogens with one attached hydrogen (secondary N) is 2. The van der Waals surface area contributed by atoms with Gasteiger partial charge in [-0.05, 0) is 18.6 Å². The lowest BCUT2D eigenvalue weighted by atomic mass is 10.1. The number of piperidine rings is 1. The fourth-order valence-corrected chi connectivity index (χ4v) is 2.17. The van der Waals surface area contributed by atoms with Crippen molar-refractivity contribution >= 4 is 27.8 Å². The minimum Gasteiger partial charge on any atom is -0.358 e. The number of imide groups is 1. The van der Waals surface area contributed by atoms with Gasteiger partial charge in [-0.2, -0.15) is 12.8 Å². The number of nitrogens with zero attached hydrogens (tertiary/aromatic N) is 1. The summed E-state index contributed by atoms with van der Waals surface area (Å²) in [5.74, 6) is -1.64. The molecule has 2 N–H and O–H groups in total. The average Bonchev–Trinajstić information content (AvgIpc) is 2.40. The van der Waals surface area contributed by atoms with Crippen molar-refractivity contribution < 1.29 is 26.6 Å². The van der Waals surface area contributed by atoms with Crippen molar-refractivity contribution in [2.24, 2.45) is 0 Å². The minimum absolute atomic E-state index is 0.0285.